The molecule has 0 amide bonds. The summed E-state index contributed by atoms with van der Waals surface area (Å²) in [6.45, 7) is 4.91. The van der Waals surface area contributed by atoms with Gasteiger partial charge in [-0.3, -0.25) is 9.52 Å². The first-order chi connectivity index (χ1) is 15.6. The number of benzene rings is 1. The Bertz CT molecular complexity index is 891. The molecule has 1 aromatic carbocycles. The molecule has 1 aromatic heterocycles. The maximum atomic E-state index is 14.1. The molecule has 10 heteroatoms. The molecule has 0 spiro atoms. The van der Waals surface area contributed by atoms with Gasteiger partial charge in [0.1, 0.15) is 22.3 Å². The van der Waals surface area contributed by atoms with Crippen LogP contribution in [0, 0.1) is 17.6 Å². The van der Waals surface area contributed by atoms with Gasteiger partial charge in [0.25, 0.3) is 0 Å². The summed E-state index contributed by atoms with van der Waals surface area (Å²) in [5.41, 5.74) is 10.7. The van der Waals surface area contributed by atoms with E-state index in [0.717, 1.165) is 35.4 Å². The fraction of sp³-hybridized carbons (Fsp3) is 0.565. The van der Waals surface area contributed by atoms with Crippen molar-refractivity contribution in [2.75, 3.05) is 31.3 Å². The van der Waals surface area contributed by atoms with Gasteiger partial charge in [-0.25, -0.2) is 13.8 Å². The number of nitrogens with zero attached hydrogens (tertiary/aromatic N) is 2. The fourth-order valence-electron chi connectivity index (χ4n) is 3.48. The van der Waals surface area contributed by atoms with Crippen molar-refractivity contribution in [3.63, 3.8) is 0 Å². The zero-order valence-electron chi connectivity index (χ0n) is 19.8. The van der Waals surface area contributed by atoms with E-state index in [9.17, 15) is 13.6 Å². The highest BCUT2D eigenvalue weighted by Gasteiger charge is 2.24. The van der Waals surface area contributed by atoms with Gasteiger partial charge >= 0.3 is 0 Å². The Morgan fingerprint density at radius 3 is 2.30 bits per heavy atom. The van der Waals surface area contributed by atoms with Crippen LogP contribution >= 0.6 is 23.3 Å². The quantitative estimate of drug-likeness (QED) is 0.344. The number of halogens is 2. The Kier molecular flexibility index (Phi) is 11.0. The largest absolute Gasteiger partial charge is 0.382 e. The molecule has 33 heavy (non-hydrogen) atoms. The summed E-state index contributed by atoms with van der Waals surface area (Å²) in [4.78, 5) is 17.6. The molecule has 0 bridgehead atoms. The molecule has 184 valence electrons. The second-order valence-electron chi connectivity index (χ2n) is 8.93. The van der Waals surface area contributed by atoms with E-state index in [4.69, 9.17) is 11.5 Å². The number of rotatable bonds is 8. The smallest absolute Gasteiger partial charge is 0.212 e. The first-order valence-corrected chi connectivity index (χ1v) is 12.9. The number of carbonyl (C=O) groups is 1. The minimum absolute atomic E-state index is 0.0642. The summed E-state index contributed by atoms with van der Waals surface area (Å²) in [6.07, 6.45) is 7.10. The molecular weight excluding hydrogens is 464 g/mol. The Morgan fingerprint density at radius 2 is 1.82 bits per heavy atom. The standard InChI is InChI=1S/C13H14F2N4OS.C10H21NS/c1-19(2)5-6-3-7(14)9(8(15)4-6)10(20)11-12(16)18-13(17)21-11;1-9(2)8-12-11-10-6-4-3-5-7-10/h3-4H,5,16H2,1-2H3,(H2,17,18);9-11H,3-8H2,1-2H3. The van der Waals surface area contributed by atoms with Gasteiger partial charge in [-0.2, -0.15) is 0 Å². The first-order valence-electron chi connectivity index (χ1n) is 11.1. The average Bonchev–Trinajstić information content (AvgIpc) is 3.06. The number of hydrogen-bond acceptors (Lipinski definition) is 8. The molecule has 0 saturated heterocycles. The second-order valence-corrected chi connectivity index (χ2v) is 10.8. The van der Waals surface area contributed by atoms with E-state index in [1.165, 1.54) is 37.9 Å². The number of carbonyl (C=O) groups excluding carboxylic acids is 1. The summed E-state index contributed by atoms with van der Waals surface area (Å²) in [6, 6.07) is 3.08. The van der Waals surface area contributed by atoms with Gasteiger partial charge in [-0.15, -0.1) is 0 Å². The molecule has 1 saturated carbocycles. The molecule has 5 N–H and O–H groups in total. The van der Waals surface area contributed by atoms with E-state index in [-0.39, 0.29) is 15.8 Å². The summed E-state index contributed by atoms with van der Waals surface area (Å²) in [5, 5.41) is 0.0703. The number of nitrogen functional groups attached to an aromatic ring is 2. The van der Waals surface area contributed by atoms with Crippen molar-refractivity contribution in [3.8, 4) is 0 Å². The van der Waals surface area contributed by atoms with E-state index in [1.54, 1.807) is 19.0 Å². The number of hydrogen-bond donors (Lipinski definition) is 3. The van der Waals surface area contributed by atoms with Crippen molar-refractivity contribution in [2.24, 2.45) is 5.92 Å². The number of ketones is 1. The third-order valence-corrected chi connectivity index (χ3v) is 7.21. The summed E-state index contributed by atoms with van der Waals surface area (Å²) >= 11 is 2.72. The minimum atomic E-state index is -0.928. The third kappa shape index (κ3) is 8.84. The lowest BCUT2D eigenvalue weighted by molar-refractivity contribution is 0.103. The molecule has 3 rings (SSSR count). The molecule has 1 fully saturated rings. The molecule has 1 aliphatic rings. The van der Waals surface area contributed by atoms with Gasteiger partial charge in [0.2, 0.25) is 5.78 Å². The van der Waals surface area contributed by atoms with Crippen LogP contribution in [0.4, 0.5) is 19.7 Å². The molecule has 1 heterocycles. The summed E-state index contributed by atoms with van der Waals surface area (Å²) < 4.78 is 31.7. The van der Waals surface area contributed by atoms with Crippen LogP contribution in [0.5, 0.6) is 0 Å². The van der Waals surface area contributed by atoms with Crippen LogP contribution in [-0.4, -0.2) is 41.6 Å². The molecule has 0 atom stereocenters. The Balaban J connectivity index is 0.000000273. The van der Waals surface area contributed by atoms with Crippen LogP contribution in [0.25, 0.3) is 0 Å². The van der Waals surface area contributed by atoms with E-state index >= 15 is 0 Å². The van der Waals surface area contributed by atoms with Crippen LogP contribution in [0.3, 0.4) is 0 Å². The zero-order chi connectivity index (χ0) is 24.5. The van der Waals surface area contributed by atoms with Gasteiger partial charge < -0.3 is 16.4 Å². The second kappa shape index (κ2) is 13.2. The third-order valence-electron chi connectivity index (χ3n) is 4.98. The van der Waals surface area contributed by atoms with Crippen LogP contribution in [0.2, 0.25) is 0 Å². The number of thiazole rings is 1. The van der Waals surface area contributed by atoms with Crippen LogP contribution < -0.4 is 16.2 Å². The molecular formula is C23H35F2N5OS2. The van der Waals surface area contributed by atoms with Gasteiger partial charge in [-0.1, -0.05) is 56.4 Å². The highest BCUT2D eigenvalue weighted by Crippen LogP contribution is 2.28. The van der Waals surface area contributed by atoms with Crippen molar-refractivity contribution < 1.29 is 13.6 Å². The molecule has 0 aliphatic heterocycles. The average molecular weight is 500 g/mol. The first kappa shape index (κ1) is 27.5. The van der Waals surface area contributed by atoms with E-state index < -0.39 is 23.0 Å². The lowest BCUT2D eigenvalue weighted by Gasteiger charge is -2.22. The topological polar surface area (TPSA) is 97.3 Å². The molecule has 0 unspecified atom stereocenters. The molecule has 2 aromatic rings. The maximum absolute atomic E-state index is 14.1. The number of nitrogens with one attached hydrogen (secondary N) is 1. The Hall–Kier alpha value is -1.75. The van der Waals surface area contributed by atoms with Crippen molar-refractivity contribution in [1.82, 2.24) is 14.6 Å². The number of nitrogens with two attached hydrogens (primary N) is 2. The zero-order valence-corrected chi connectivity index (χ0v) is 21.4. The molecule has 0 radical (unpaired) electrons. The summed E-state index contributed by atoms with van der Waals surface area (Å²) in [7, 11) is 3.55. The summed E-state index contributed by atoms with van der Waals surface area (Å²) in [5.74, 6) is -0.777. The fourth-order valence-corrected chi connectivity index (χ4v) is 5.08. The predicted octanol–water partition coefficient (Wildman–Crippen LogP) is 5.09. The van der Waals surface area contributed by atoms with E-state index in [2.05, 4.69) is 23.6 Å². The minimum Gasteiger partial charge on any atom is -0.382 e. The monoisotopic (exact) mass is 499 g/mol. The van der Waals surface area contributed by atoms with Gasteiger partial charge in [0, 0.05) is 18.3 Å². The van der Waals surface area contributed by atoms with Gasteiger partial charge in [0.15, 0.2) is 5.13 Å². The Labute approximate surface area is 203 Å². The highest BCUT2D eigenvalue weighted by atomic mass is 32.2. The predicted molar refractivity (Wildman–Crippen MR) is 135 cm³/mol. The van der Waals surface area contributed by atoms with E-state index in [1.807, 2.05) is 11.9 Å². The Morgan fingerprint density at radius 1 is 1.21 bits per heavy atom. The van der Waals surface area contributed by atoms with Gasteiger partial charge in [0.05, 0.1) is 5.56 Å². The molecule has 1 aliphatic carbocycles. The SMILES string of the molecule is CC(C)CSNC1CCCCC1.CN(C)Cc1cc(F)c(C(=O)c2sc(N)nc2N)c(F)c1. The highest BCUT2D eigenvalue weighted by molar-refractivity contribution is 7.97. The lowest BCUT2D eigenvalue weighted by atomic mass is 9.96. The number of aromatic nitrogens is 1. The maximum Gasteiger partial charge on any atom is 0.212 e. The van der Waals surface area contributed by atoms with Crippen molar-refractivity contribution >= 4 is 40.0 Å². The van der Waals surface area contributed by atoms with Crippen LogP contribution in [0.1, 0.15) is 66.8 Å². The van der Waals surface area contributed by atoms with Crippen LogP contribution in [-0.2, 0) is 6.54 Å². The van der Waals surface area contributed by atoms with Crippen molar-refractivity contribution in [3.05, 3.63) is 39.8 Å². The molecule has 6 nitrogen and oxygen atoms in total. The lowest BCUT2D eigenvalue weighted by Crippen LogP contribution is -2.26. The van der Waals surface area contributed by atoms with Crippen LogP contribution in [0.15, 0.2) is 12.1 Å². The number of anilines is 2. The normalized spacial score (nSPS) is 14.4. The van der Waals surface area contributed by atoms with Gasteiger partial charge in [-0.05, 0) is 50.6 Å². The van der Waals surface area contributed by atoms with Crippen molar-refractivity contribution in [2.45, 2.75) is 58.5 Å². The van der Waals surface area contributed by atoms with Crippen molar-refractivity contribution in [1.29, 1.82) is 0 Å². The van der Waals surface area contributed by atoms with E-state index in [0.29, 0.717) is 12.1 Å².